The van der Waals surface area contributed by atoms with Gasteiger partial charge < -0.3 is 10.2 Å². The van der Waals surface area contributed by atoms with Gasteiger partial charge in [0.1, 0.15) is 0 Å². The van der Waals surface area contributed by atoms with E-state index in [4.69, 9.17) is 16.6 Å². The number of rotatable bonds is 7. The molecule has 5 nitrogen and oxygen atoms in total. The van der Waals surface area contributed by atoms with E-state index in [-0.39, 0.29) is 5.91 Å². The van der Waals surface area contributed by atoms with E-state index in [1.807, 2.05) is 67.3 Å². The molecule has 0 atom stereocenters. The van der Waals surface area contributed by atoms with Crippen LogP contribution in [0.3, 0.4) is 0 Å². The van der Waals surface area contributed by atoms with E-state index in [0.29, 0.717) is 23.1 Å². The Bertz CT molecular complexity index is 923. The van der Waals surface area contributed by atoms with E-state index < -0.39 is 0 Å². The van der Waals surface area contributed by atoms with Crippen LogP contribution in [0.25, 0.3) is 11.0 Å². The van der Waals surface area contributed by atoms with Crippen LogP contribution in [0.1, 0.15) is 29.9 Å². The molecule has 27 heavy (non-hydrogen) atoms. The van der Waals surface area contributed by atoms with Crippen molar-refractivity contribution in [3.8, 4) is 0 Å². The number of anilines is 1. The predicted molar refractivity (Wildman–Crippen MR) is 111 cm³/mol. The third-order valence-electron chi connectivity index (χ3n) is 4.44. The topological polar surface area (TPSA) is 58.1 Å². The van der Waals surface area contributed by atoms with Crippen LogP contribution >= 0.6 is 11.6 Å². The van der Waals surface area contributed by atoms with E-state index in [1.165, 1.54) is 0 Å². The van der Waals surface area contributed by atoms with E-state index in [9.17, 15) is 4.79 Å². The Kier molecular flexibility index (Phi) is 6.24. The molecular weight excluding hydrogens is 360 g/mol. The van der Waals surface area contributed by atoms with Crippen molar-refractivity contribution < 1.29 is 4.79 Å². The molecule has 1 heterocycles. The van der Waals surface area contributed by atoms with Crippen LogP contribution in [0.4, 0.5) is 5.82 Å². The first-order valence-corrected chi connectivity index (χ1v) is 9.54. The molecular formula is C21H23ClN4O. The van der Waals surface area contributed by atoms with Gasteiger partial charge >= 0.3 is 0 Å². The van der Waals surface area contributed by atoms with Gasteiger partial charge in [-0.15, -0.1) is 0 Å². The molecule has 0 saturated heterocycles. The van der Waals surface area contributed by atoms with Gasteiger partial charge in [-0.3, -0.25) is 4.79 Å². The lowest BCUT2D eigenvalue weighted by molar-refractivity contribution is 0.0949. The number of nitrogens with zero attached hydrogens (tertiary/aromatic N) is 3. The lowest BCUT2D eigenvalue weighted by Gasteiger charge is -2.22. The highest BCUT2D eigenvalue weighted by molar-refractivity contribution is 6.30. The summed E-state index contributed by atoms with van der Waals surface area (Å²) in [5.74, 6) is 0.423. The molecule has 0 aliphatic rings. The molecule has 140 valence electrons. The van der Waals surface area contributed by atoms with Gasteiger partial charge in [-0.2, -0.15) is 0 Å². The van der Waals surface area contributed by atoms with Crippen LogP contribution in [-0.4, -0.2) is 35.5 Å². The second-order valence-electron chi connectivity index (χ2n) is 6.19. The Morgan fingerprint density at radius 1 is 1.00 bits per heavy atom. The number of fused-ring (bicyclic) bond motifs is 1. The fourth-order valence-corrected chi connectivity index (χ4v) is 3.07. The van der Waals surface area contributed by atoms with Crippen molar-refractivity contribution >= 4 is 34.4 Å². The molecule has 0 aliphatic carbocycles. The van der Waals surface area contributed by atoms with Crippen LogP contribution in [0.2, 0.25) is 5.02 Å². The molecule has 0 unspecified atom stereocenters. The average Bonchev–Trinajstić information content (AvgIpc) is 2.70. The summed E-state index contributed by atoms with van der Waals surface area (Å²) >= 11 is 5.91. The molecule has 1 aromatic heterocycles. The Morgan fingerprint density at radius 2 is 1.63 bits per heavy atom. The van der Waals surface area contributed by atoms with Crippen molar-refractivity contribution in [2.24, 2.45) is 0 Å². The fraction of sp³-hybridized carbons (Fsp3) is 0.286. The maximum absolute atomic E-state index is 12.8. The SMILES string of the molecule is CCN(CC)c1nc2ccccc2nc1C(=O)NCCc1ccc(Cl)cc1. The minimum absolute atomic E-state index is 0.205. The van der Waals surface area contributed by atoms with Crippen molar-refractivity contribution in [2.75, 3.05) is 24.5 Å². The molecule has 1 N–H and O–H groups in total. The molecule has 2 aromatic carbocycles. The summed E-state index contributed by atoms with van der Waals surface area (Å²) in [5, 5.41) is 3.68. The highest BCUT2D eigenvalue weighted by Crippen LogP contribution is 2.20. The largest absolute Gasteiger partial charge is 0.355 e. The van der Waals surface area contributed by atoms with Gasteiger partial charge in [0.15, 0.2) is 11.5 Å². The molecule has 0 bridgehead atoms. The number of carbonyl (C=O) groups excluding carboxylic acids is 1. The Morgan fingerprint density at radius 3 is 2.26 bits per heavy atom. The lowest BCUT2D eigenvalue weighted by Crippen LogP contribution is -2.31. The number of hydrogen-bond donors (Lipinski definition) is 1. The Labute approximate surface area is 164 Å². The predicted octanol–water partition coefficient (Wildman–Crippen LogP) is 4.10. The van der Waals surface area contributed by atoms with Crippen LogP contribution in [0, 0.1) is 0 Å². The molecule has 3 aromatic rings. The highest BCUT2D eigenvalue weighted by atomic mass is 35.5. The second kappa shape index (κ2) is 8.82. The van der Waals surface area contributed by atoms with Crippen LogP contribution in [0.15, 0.2) is 48.5 Å². The quantitative estimate of drug-likeness (QED) is 0.668. The minimum atomic E-state index is -0.205. The molecule has 3 rings (SSSR count). The Balaban J connectivity index is 1.81. The van der Waals surface area contributed by atoms with E-state index in [0.717, 1.165) is 36.1 Å². The maximum atomic E-state index is 12.8. The molecule has 6 heteroatoms. The van der Waals surface area contributed by atoms with Crippen LogP contribution in [0.5, 0.6) is 0 Å². The normalized spacial score (nSPS) is 10.8. The zero-order valence-electron chi connectivity index (χ0n) is 15.6. The first kappa shape index (κ1) is 19.1. The van der Waals surface area contributed by atoms with Gasteiger partial charge in [-0.05, 0) is 50.1 Å². The smallest absolute Gasteiger partial charge is 0.273 e. The first-order chi connectivity index (χ1) is 13.1. The molecule has 0 radical (unpaired) electrons. The first-order valence-electron chi connectivity index (χ1n) is 9.16. The van der Waals surface area contributed by atoms with E-state index in [2.05, 4.69) is 10.3 Å². The summed E-state index contributed by atoms with van der Waals surface area (Å²) in [6, 6.07) is 15.2. The summed E-state index contributed by atoms with van der Waals surface area (Å²) < 4.78 is 0. The molecule has 1 amide bonds. The average molecular weight is 383 g/mol. The summed E-state index contributed by atoms with van der Waals surface area (Å²) in [7, 11) is 0. The van der Waals surface area contributed by atoms with Crippen molar-refractivity contribution in [2.45, 2.75) is 20.3 Å². The lowest BCUT2D eigenvalue weighted by atomic mass is 10.1. The van der Waals surface area contributed by atoms with Gasteiger partial charge in [-0.1, -0.05) is 35.9 Å². The monoisotopic (exact) mass is 382 g/mol. The number of carbonyl (C=O) groups is 1. The minimum Gasteiger partial charge on any atom is -0.355 e. The van der Waals surface area contributed by atoms with Crippen molar-refractivity contribution in [1.82, 2.24) is 15.3 Å². The number of benzene rings is 2. The fourth-order valence-electron chi connectivity index (χ4n) is 2.94. The number of amides is 1. The Hall–Kier alpha value is -2.66. The van der Waals surface area contributed by atoms with Crippen LogP contribution in [-0.2, 0) is 6.42 Å². The number of aromatic nitrogens is 2. The summed E-state index contributed by atoms with van der Waals surface area (Å²) in [6.07, 6.45) is 0.727. The number of nitrogens with one attached hydrogen (secondary N) is 1. The van der Waals surface area contributed by atoms with Crippen molar-refractivity contribution in [1.29, 1.82) is 0 Å². The molecule has 0 saturated carbocycles. The number of hydrogen-bond acceptors (Lipinski definition) is 4. The molecule has 0 aliphatic heterocycles. The summed E-state index contributed by atoms with van der Waals surface area (Å²) in [5.41, 5.74) is 3.00. The van der Waals surface area contributed by atoms with Crippen LogP contribution < -0.4 is 10.2 Å². The highest BCUT2D eigenvalue weighted by Gasteiger charge is 2.19. The standard InChI is InChI=1S/C21H23ClN4O/c1-3-26(4-2)20-19(24-17-7-5-6-8-18(17)25-20)21(27)23-14-13-15-9-11-16(22)12-10-15/h5-12H,3-4,13-14H2,1-2H3,(H,23,27). The second-order valence-corrected chi connectivity index (χ2v) is 6.63. The number of para-hydroxylation sites is 2. The van der Waals surface area contributed by atoms with Crippen molar-refractivity contribution in [3.63, 3.8) is 0 Å². The summed E-state index contributed by atoms with van der Waals surface area (Å²) in [6.45, 7) is 6.13. The third kappa shape index (κ3) is 4.55. The van der Waals surface area contributed by atoms with E-state index >= 15 is 0 Å². The summed E-state index contributed by atoms with van der Waals surface area (Å²) in [4.78, 5) is 24.2. The molecule has 0 fully saturated rings. The third-order valence-corrected chi connectivity index (χ3v) is 4.69. The van der Waals surface area contributed by atoms with Gasteiger partial charge in [0.05, 0.1) is 11.0 Å². The maximum Gasteiger partial charge on any atom is 0.273 e. The van der Waals surface area contributed by atoms with Gasteiger partial charge in [0.25, 0.3) is 5.91 Å². The van der Waals surface area contributed by atoms with Gasteiger partial charge in [0.2, 0.25) is 0 Å². The zero-order chi connectivity index (χ0) is 19.2. The van der Waals surface area contributed by atoms with E-state index in [1.54, 1.807) is 0 Å². The van der Waals surface area contributed by atoms with Gasteiger partial charge in [-0.25, -0.2) is 9.97 Å². The van der Waals surface area contributed by atoms with Crippen molar-refractivity contribution in [3.05, 3.63) is 64.8 Å². The molecule has 0 spiro atoms. The number of halogens is 1. The van der Waals surface area contributed by atoms with Gasteiger partial charge in [0, 0.05) is 24.7 Å². The zero-order valence-corrected chi connectivity index (χ0v) is 16.3.